The topological polar surface area (TPSA) is 57.8 Å². The van der Waals surface area contributed by atoms with Crippen molar-refractivity contribution in [1.82, 2.24) is 4.57 Å². The maximum atomic E-state index is 13.9. The minimum atomic E-state index is -0.696. The van der Waals surface area contributed by atoms with Gasteiger partial charge in [-0.05, 0) is 36.4 Å². The molecule has 0 unspecified atom stereocenters. The number of aromatic nitrogens is 1. The fraction of sp³-hybridized carbons (Fsp3) is 0. The minimum Gasteiger partial charge on any atom is -0.506 e. The van der Waals surface area contributed by atoms with Gasteiger partial charge in [0, 0.05) is 29.4 Å². The summed E-state index contributed by atoms with van der Waals surface area (Å²) >= 11 is 0. The number of hydrogen-bond acceptors (Lipinski definition) is 3. The monoisotopic (exact) mass is 390 g/mol. The van der Waals surface area contributed by atoms with Gasteiger partial charge in [-0.25, -0.2) is 8.78 Å². The van der Waals surface area contributed by atoms with Crippen molar-refractivity contribution in [3.63, 3.8) is 0 Å². The molecule has 0 bridgehead atoms. The Morgan fingerprint density at radius 3 is 2.45 bits per heavy atom. The Balaban J connectivity index is 1.79. The Morgan fingerprint density at radius 1 is 0.897 bits per heavy atom. The van der Waals surface area contributed by atoms with Crippen LogP contribution < -0.4 is 0 Å². The van der Waals surface area contributed by atoms with E-state index < -0.39 is 11.6 Å². The summed E-state index contributed by atoms with van der Waals surface area (Å²) in [6, 6.07) is 17.2. The number of hydrogen-bond donors (Lipinski definition) is 2. The molecule has 0 aliphatic rings. The molecule has 144 valence electrons. The number of phenols is 1. The first-order chi connectivity index (χ1) is 14.0. The number of nitrogens with zero attached hydrogens (tertiary/aromatic N) is 2. The molecule has 0 atom stereocenters. The second kappa shape index (κ2) is 7.59. The van der Waals surface area contributed by atoms with E-state index in [9.17, 15) is 19.0 Å². The zero-order chi connectivity index (χ0) is 20.4. The summed E-state index contributed by atoms with van der Waals surface area (Å²) < 4.78 is 28.5. The molecular weight excluding hydrogens is 374 g/mol. The van der Waals surface area contributed by atoms with Crippen LogP contribution in [0.15, 0.2) is 71.7 Å². The van der Waals surface area contributed by atoms with Crippen LogP contribution in [-0.2, 0) is 0 Å². The lowest BCUT2D eigenvalue weighted by atomic mass is 10.2. The Labute approximate surface area is 165 Å². The fourth-order valence-corrected chi connectivity index (χ4v) is 3.05. The van der Waals surface area contributed by atoms with Crippen molar-refractivity contribution >= 4 is 35.1 Å². The van der Waals surface area contributed by atoms with Crippen LogP contribution in [0.5, 0.6) is 11.6 Å². The molecule has 1 aromatic heterocycles. The van der Waals surface area contributed by atoms with E-state index in [1.807, 2.05) is 18.2 Å². The lowest BCUT2D eigenvalue weighted by Gasteiger charge is -2.01. The molecule has 2 N–H and O–H groups in total. The molecule has 4 aromatic rings. The molecule has 4 rings (SSSR count). The third-order valence-corrected chi connectivity index (χ3v) is 4.50. The maximum absolute atomic E-state index is 13.9. The summed E-state index contributed by atoms with van der Waals surface area (Å²) in [5.41, 5.74) is 1.69. The highest BCUT2D eigenvalue weighted by Crippen LogP contribution is 2.32. The number of aromatic hydroxyl groups is 2. The van der Waals surface area contributed by atoms with Crippen molar-refractivity contribution in [2.45, 2.75) is 0 Å². The zero-order valence-corrected chi connectivity index (χ0v) is 15.1. The van der Waals surface area contributed by atoms with Gasteiger partial charge in [-0.2, -0.15) is 0 Å². The third-order valence-electron chi connectivity index (χ3n) is 4.50. The SMILES string of the molecule is Oc1ccccc1N=Cc1c(O)n(/C=C\c2ccc(F)cc2F)c2ccccc12. The van der Waals surface area contributed by atoms with E-state index in [2.05, 4.69) is 4.99 Å². The molecule has 0 amide bonds. The second-order valence-electron chi connectivity index (χ2n) is 6.35. The van der Waals surface area contributed by atoms with Crippen LogP contribution >= 0.6 is 0 Å². The summed E-state index contributed by atoms with van der Waals surface area (Å²) in [4.78, 5) is 4.27. The van der Waals surface area contributed by atoms with Crippen molar-refractivity contribution in [2.24, 2.45) is 4.99 Å². The van der Waals surface area contributed by atoms with Crippen LogP contribution in [0.25, 0.3) is 23.2 Å². The molecule has 0 fully saturated rings. The molecule has 4 nitrogen and oxygen atoms in total. The Bertz CT molecular complexity index is 1260. The van der Waals surface area contributed by atoms with Gasteiger partial charge < -0.3 is 10.2 Å². The van der Waals surface area contributed by atoms with Gasteiger partial charge in [-0.1, -0.05) is 30.3 Å². The smallest absolute Gasteiger partial charge is 0.205 e. The van der Waals surface area contributed by atoms with E-state index in [0.29, 0.717) is 16.8 Å². The summed E-state index contributed by atoms with van der Waals surface area (Å²) in [5, 5.41) is 21.4. The number of para-hydroxylation sites is 3. The van der Waals surface area contributed by atoms with E-state index in [1.54, 1.807) is 24.3 Å². The maximum Gasteiger partial charge on any atom is 0.205 e. The van der Waals surface area contributed by atoms with Crippen LogP contribution in [0, 0.1) is 11.6 Å². The molecule has 0 saturated carbocycles. The number of halogens is 2. The first-order valence-corrected chi connectivity index (χ1v) is 8.82. The Morgan fingerprint density at radius 2 is 1.66 bits per heavy atom. The summed E-state index contributed by atoms with van der Waals surface area (Å²) in [6.07, 6.45) is 4.42. The normalized spacial score (nSPS) is 11.8. The lowest BCUT2D eigenvalue weighted by Crippen LogP contribution is -1.88. The minimum absolute atomic E-state index is 0.0265. The van der Waals surface area contributed by atoms with Gasteiger partial charge in [-0.15, -0.1) is 0 Å². The van der Waals surface area contributed by atoms with Gasteiger partial charge in [0.2, 0.25) is 5.88 Å². The fourth-order valence-electron chi connectivity index (χ4n) is 3.05. The molecular formula is C23H16F2N2O2. The predicted molar refractivity (Wildman–Crippen MR) is 111 cm³/mol. The van der Waals surface area contributed by atoms with Crippen LogP contribution in [0.3, 0.4) is 0 Å². The first-order valence-electron chi connectivity index (χ1n) is 8.82. The van der Waals surface area contributed by atoms with Gasteiger partial charge in [0.05, 0.1) is 11.1 Å². The van der Waals surface area contributed by atoms with Gasteiger partial charge >= 0.3 is 0 Å². The van der Waals surface area contributed by atoms with Gasteiger partial charge in [0.1, 0.15) is 23.1 Å². The van der Waals surface area contributed by atoms with E-state index in [-0.39, 0.29) is 17.2 Å². The van der Waals surface area contributed by atoms with Crippen molar-refractivity contribution in [3.8, 4) is 11.6 Å². The second-order valence-corrected chi connectivity index (χ2v) is 6.35. The molecule has 0 aliphatic heterocycles. The van der Waals surface area contributed by atoms with Crippen molar-refractivity contribution < 1.29 is 19.0 Å². The molecule has 1 heterocycles. The number of phenolic OH excluding ortho intramolecular Hbond substituents is 1. The van der Waals surface area contributed by atoms with E-state index in [4.69, 9.17) is 0 Å². The highest BCUT2D eigenvalue weighted by atomic mass is 19.1. The van der Waals surface area contributed by atoms with Crippen LogP contribution in [0.4, 0.5) is 14.5 Å². The quantitative estimate of drug-likeness (QED) is 0.439. The van der Waals surface area contributed by atoms with Crippen LogP contribution in [-0.4, -0.2) is 21.0 Å². The molecule has 0 aliphatic carbocycles. The van der Waals surface area contributed by atoms with E-state index in [1.165, 1.54) is 41.3 Å². The Kier molecular flexibility index (Phi) is 4.83. The highest BCUT2D eigenvalue weighted by Gasteiger charge is 2.14. The molecule has 29 heavy (non-hydrogen) atoms. The molecule has 3 aromatic carbocycles. The number of aliphatic imine (C=N–C) groups is 1. The van der Waals surface area contributed by atoms with Crippen molar-refractivity contribution in [2.75, 3.05) is 0 Å². The molecule has 0 spiro atoms. The summed E-state index contributed by atoms with van der Waals surface area (Å²) in [6.45, 7) is 0. The standard InChI is InChI=1S/C23H16F2N2O2/c24-16-10-9-15(19(25)13-16)11-12-27-21-7-3-1-5-17(21)18(23(27)29)14-26-20-6-2-4-8-22(20)28/h1-14,28-29H/b12-11-,26-14?. The zero-order valence-electron chi connectivity index (χ0n) is 15.1. The van der Waals surface area contributed by atoms with E-state index >= 15 is 0 Å². The van der Waals surface area contributed by atoms with Crippen LogP contribution in [0.2, 0.25) is 0 Å². The van der Waals surface area contributed by atoms with Crippen molar-refractivity contribution in [3.05, 3.63) is 89.5 Å². The third kappa shape index (κ3) is 3.60. The van der Waals surface area contributed by atoms with E-state index in [0.717, 1.165) is 11.5 Å². The summed E-state index contributed by atoms with van der Waals surface area (Å²) in [5.74, 6) is -1.42. The predicted octanol–water partition coefficient (Wildman–Crippen LogP) is 5.71. The molecule has 6 heteroatoms. The van der Waals surface area contributed by atoms with Gasteiger partial charge in [0.15, 0.2) is 0 Å². The van der Waals surface area contributed by atoms with Gasteiger partial charge in [-0.3, -0.25) is 9.56 Å². The first kappa shape index (κ1) is 18.4. The summed E-state index contributed by atoms with van der Waals surface area (Å²) in [7, 11) is 0. The number of fused-ring (bicyclic) bond motifs is 1. The highest BCUT2D eigenvalue weighted by molar-refractivity contribution is 6.04. The average Bonchev–Trinajstić information content (AvgIpc) is 2.98. The van der Waals surface area contributed by atoms with Gasteiger partial charge in [0.25, 0.3) is 0 Å². The average molecular weight is 390 g/mol. The van der Waals surface area contributed by atoms with Crippen LogP contribution in [0.1, 0.15) is 11.1 Å². The largest absolute Gasteiger partial charge is 0.506 e. The molecule has 0 saturated heterocycles. The Hall–Kier alpha value is -3.93. The lowest BCUT2D eigenvalue weighted by molar-refractivity contribution is 0.447. The molecule has 0 radical (unpaired) electrons. The number of rotatable bonds is 4. The number of benzene rings is 3. The van der Waals surface area contributed by atoms with Crippen molar-refractivity contribution in [1.29, 1.82) is 0 Å².